The van der Waals surface area contributed by atoms with Crippen LogP contribution in [0.3, 0.4) is 0 Å². The summed E-state index contributed by atoms with van der Waals surface area (Å²) >= 11 is 1.68. The second-order valence-corrected chi connectivity index (χ2v) is 9.85. The van der Waals surface area contributed by atoms with E-state index in [-0.39, 0.29) is 0 Å². The zero-order valence-electron chi connectivity index (χ0n) is 19.3. The number of aryl methyl sites for hydroxylation is 2. The van der Waals surface area contributed by atoms with Crippen LogP contribution in [0.15, 0.2) is 32.5 Å². The van der Waals surface area contributed by atoms with Gasteiger partial charge >= 0.3 is 5.92 Å². The molecule has 1 N–H and O–H groups in total. The fourth-order valence-corrected chi connectivity index (χ4v) is 5.10. The van der Waals surface area contributed by atoms with Crippen molar-refractivity contribution in [1.82, 2.24) is 24.7 Å². The fraction of sp³-hybridized carbons (Fsp3) is 0.478. The third-order valence-electron chi connectivity index (χ3n) is 6.16. The smallest absolute Gasteiger partial charge is 0.319 e. The average Bonchev–Trinajstić information content (AvgIpc) is 3.46. The van der Waals surface area contributed by atoms with Crippen LogP contribution < -0.4 is 5.32 Å². The van der Waals surface area contributed by atoms with E-state index in [4.69, 9.17) is 8.83 Å². The number of alkyl halides is 2. The minimum atomic E-state index is -3.09. The summed E-state index contributed by atoms with van der Waals surface area (Å²) in [4.78, 5) is 8.11. The van der Waals surface area contributed by atoms with E-state index >= 15 is 0 Å². The molecule has 1 unspecified atom stereocenters. The number of benzene rings is 1. The number of aromatic nitrogens is 5. The Morgan fingerprint density at radius 3 is 2.91 bits per heavy atom. The quantitative estimate of drug-likeness (QED) is 0.266. The molecule has 11 heteroatoms. The maximum atomic E-state index is 13.6. The lowest BCUT2D eigenvalue weighted by Gasteiger charge is -2.14. The third kappa shape index (κ3) is 4.53. The van der Waals surface area contributed by atoms with Crippen molar-refractivity contribution in [3.05, 3.63) is 35.7 Å². The molecule has 0 aliphatic carbocycles. The standard InChI is InChI=1S/C23H26F2N6O2S/c1-13-19(32-12-27-13)20-29-30-22(31(20)3)34-8-4-5-14-6-7-15-9-17-18(10-16(15)26-11-14)33-21(28-17)23(2,24)25/h9-10,12,14,26H,4-8,11H2,1-3H3. The van der Waals surface area contributed by atoms with Gasteiger partial charge in [-0.15, -0.1) is 10.2 Å². The summed E-state index contributed by atoms with van der Waals surface area (Å²) in [5.41, 5.74) is 3.71. The summed E-state index contributed by atoms with van der Waals surface area (Å²) in [5, 5.41) is 12.9. The van der Waals surface area contributed by atoms with E-state index in [1.54, 1.807) is 17.8 Å². The predicted molar refractivity (Wildman–Crippen MR) is 125 cm³/mol. The van der Waals surface area contributed by atoms with Crippen LogP contribution in [0.2, 0.25) is 0 Å². The van der Waals surface area contributed by atoms with Crippen LogP contribution in [-0.4, -0.2) is 37.0 Å². The van der Waals surface area contributed by atoms with Crippen molar-refractivity contribution >= 4 is 28.5 Å². The molecule has 1 atom stereocenters. The molecule has 8 nitrogen and oxygen atoms in total. The van der Waals surface area contributed by atoms with Crippen LogP contribution in [0.4, 0.5) is 14.5 Å². The number of rotatable bonds is 7. The molecule has 0 amide bonds. The first-order valence-corrected chi connectivity index (χ1v) is 12.3. The molecule has 0 saturated carbocycles. The van der Waals surface area contributed by atoms with Crippen molar-refractivity contribution in [2.45, 2.75) is 50.6 Å². The van der Waals surface area contributed by atoms with Crippen LogP contribution in [0.5, 0.6) is 0 Å². The van der Waals surface area contributed by atoms with Gasteiger partial charge in [-0.25, -0.2) is 9.97 Å². The molecule has 0 saturated heterocycles. The molecule has 4 aromatic rings. The highest BCUT2D eigenvalue weighted by Crippen LogP contribution is 2.34. The van der Waals surface area contributed by atoms with Gasteiger partial charge in [-0.1, -0.05) is 11.8 Å². The largest absolute Gasteiger partial charge is 0.440 e. The average molecular weight is 489 g/mol. The first-order chi connectivity index (χ1) is 16.3. The van der Waals surface area contributed by atoms with Crippen molar-refractivity contribution in [2.24, 2.45) is 13.0 Å². The van der Waals surface area contributed by atoms with Crippen molar-refractivity contribution < 1.29 is 17.6 Å². The van der Waals surface area contributed by atoms with Gasteiger partial charge < -0.3 is 18.7 Å². The van der Waals surface area contributed by atoms with Gasteiger partial charge in [0.1, 0.15) is 5.52 Å². The molecule has 0 radical (unpaired) electrons. The summed E-state index contributed by atoms with van der Waals surface area (Å²) in [7, 11) is 1.93. The third-order valence-corrected chi connectivity index (χ3v) is 7.27. The minimum absolute atomic E-state index is 0.390. The monoisotopic (exact) mass is 488 g/mol. The maximum Gasteiger partial charge on any atom is 0.319 e. The summed E-state index contributed by atoms with van der Waals surface area (Å²) in [6, 6.07) is 3.67. The molecule has 5 rings (SSSR count). The molecular formula is C23H26F2N6O2S. The molecule has 3 aromatic heterocycles. The van der Waals surface area contributed by atoms with Gasteiger partial charge in [0.25, 0.3) is 5.89 Å². The van der Waals surface area contributed by atoms with Crippen LogP contribution in [-0.2, 0) is 19.4 Å². The Kier molecular flexibility index (Phi) is 6.05. The minimum Gasteiger partial charge on any atom is -0.440 e. The van der Waals surface area contributed by atoms with E-state index in [0.717, 1.165) is 67.0 Å². The van der Waals surface area contributed by atoms with Gasteiger partial charge in [0, 0.05) is 38.0 Å². The Morgan fingerprint density at radius 1 is 1.29 bits per heavy atom. The maximum absolute atomic E-state index is 13.6. The molecule has 1 aliphatic rings. The summed E-state index contributed by atoms with van der Waals surface area (Å²) in [5.74, 6) is -0.839. The number of thioether (sulfide) groups is 1. The number of nitrogens with one attached hydrogen (secondary N) is 1. The lowest BCUT2D eigenvalue weighted by Crippen LogP contribution is -2.12. The lowest BCUT2D eigenvalue weighted by molar-refractivity contribution is -0.00937. The van der Waals surface area contributed by atoms with Gasteiger partial charge in [-0.2, -0.15) is 8.78 Å². The van der Waals surface area contributed by atoms with Crippen molar-refractivity contribution in [2.75, 3.05) is 17.6 Å². The second kappa shape index (κ2) is 9.01. The van der Waals surface area contributed by atoms with Crippen LogP contribution >= 0.6 is 11.8 Å². The number of hydrogen-bond acceptors (Lipinski definition) is 8. The molecule has 0 spiro atoms. The number of halogens is 2. The summed E-state index contributed by atoms with van der Waals surface area (Å²) in [6.45, 7) is 3.52. The molecule has 1 aliphatic heterocycles. The predicted octanol–water partition coefficient (Wildman–Crippen LogP) is 5.58. The van der Waals surface area contributed by atoms with E-state index < -0.39 is 11.8 Å². The van der Waals surface area contributed by atoms with Gasteiger partial charge in [-0.3, -0.25) is 0 Å². The van der Waals surface area contributed by atoms with Gasteiger partial charge in [0.2, 0.25) is 5.82 Å². The highest BCUT2D eigenvalue weighted by atomic mass is 32.2. The van der Waals surface area contributed by atoms with Crippen molar-refractivity contribution in [3.63, 3.8) is 0 Å². The van der Waals surface area contributed by atoms with Gasteiger partial charge in [0.15, 0.2) is 22.9 Å². The highest BCUT2D eigenvalue weighted by molar-refractivity contribution is 7.99. The van der Waals surface area contributed by atoms with E-state index in [0.29, 0.717) is 28.6 Å². The second-order valence-electron chi connectivity index (χ2n) is 8.79. The van der Waals surface area contributed by atoms with E-state index in [1.807, 2.05) is 24.6 Å². The molecule has 0 bridgehead atoms. The van der Waals surface area contributed by atoms with E-state index in [2.05, 4.69) is 25.5 Å². The number of hydrogen-bond donors (Lipinski definition) is 1. The SMILES string of the molecule is Cc1ncoc1-c1nnc(SCCCC2CCc3cc4nc(C(C)(F)F)oc4cc3NC2)n1C. The Hall–Kier alpha value is -2.95. The number of fused-ring (bicyclic) bond motifs is 2. The van der Waals surface area contributed by atoms with Gasteiger partial charge in [0.05, 0.1) is 5.69 Å². The number of nitrogens with zero attached hydrogens (tertiary/aromatic N) is 5. The first kappa shape index (κ1) is 22.8. The van der Waals surface area contributed by atoms with Crippen LogP contribution in [0.1, 0.15) is 43.3 Å². The fourth-order valence-electron chi connectivity index (χ4n) is 4.23. The Bertz CT molecular complexity index is 1260. The Balaban J connectivity index is 1.15. The molecule has 4 heterocycles. The molecule has 180 valence electrons. The van der Waals surface area contributed by atoms with Crippen molar-refractivity contribution in [3.8, 4) is 11.6 Å². The highest BCUT2D eigenvalue weighted by Gasteiger charge is 2.31. The van der Waals surface area contributed by atoms with Gasteiger partial charge in [-0.05, 0) is 50.2 Å². The Labute approximate surface area is 199 Å². The zero-order chi connectivity index (χ0) is 23.9. The number of anilines is 1. The first-order valence-electron chi connectivity index (χ1n) is 11.3. The summed E-state index contributed by atoms with van der Waals surface area (Å²) < 4.78 is 39.8. The van der Waals surface area contributed by atoms with E-state index in [1.165, 1.54) is 6.39 Å². The molecular weight excluding hydrogens is 462 g/mol. The van der Waals surface area contributed by atoms with E-state index in [9.17, 15) is 8.78 Å². The van der Waals surface area contributed by atoms with Crippen LogP contribution in [0, 0.1) is 12.8 Å². The molecule has 1 aromatic carbocycles. The lowest BCUT2D eigenvalue weighted by atomic mass is 9.97. The Morgan fingerprint density at radius 2 is 2.15 bits per heavy atom. The topological polar surface area (TPSA) is 94.8 Å². The molecule has 34 heavy (non-hydrogen) atoms. The molecule has 0 fully saturated rings. The normalized spacial score (nSPS) is 16.4. The number of oxazole rings is 2. The zero-order valence-corrected chi connectivity index (χ0v) is 20.1. The van der Waals surface area contributed by atoms with Crippen LogP contribution in [0.25, 0.3) is 22.7 Å². The summed E-state index contributed by atoms with van der Waals surface area (Å²) in [6.07, 6.45) is 5.46. The van der Waals surface area contributed by atoms with Crippen molar-refractivity contribution in [1.29, 1.82) is 0 Å².